The lowest BCUT2D eigenvalue weighted by Crippen LogP contribution is -2.55. The number of nitrogens with one attached hydrogen (secondary N) is 2. The van der Waals surface area contributed by atoms with E-state index in [1.54, 1.807) is 47.5 Å². The van der Waals surface area contributed by atoms with Crippen molar-refractivity contribution < 1.29 is 43.1 Å². The minimum absolute atomic E-state index is 0.0619. The van der Waals surface area contributed by atoms with Gasteiger partial charge >= 0.3 is 0 Å². The van der Waals surface area contributed by atoms with E-state index in [1.807, 2.05) is 109 Å². The van der Waals surface area contributed by atoms with Gasteiger partial charge in [-0.15, -0.1) is 11.3 Å². The predicted molar refractivity (Wildman–Crippen MR) is 275 cm³/mol. The van der Waals surface area contributed by atoms with Crippen molar-refractivity contribution in [2.75, 3.05) is 13.1 Å². The molecule has 74 heavy (non-hydrogen) atoms. The topological polar surface area (TPSA) is 216 Å². The van der Waals surface area contributed by atoms with Gasteiger partial charge in [-0.2, -0.15) is 5.10 Å². The number of aliphatic hydroxyl groups is 2. The van der Waals surface area contributed by atoms with Crippen LogP contribution in [0.25, 0.3) is 21.7 Å². The van der Waals surface area contributed by atoms with Gasteiger partial charge in [-0.3, -0.25) is 28.7 Å². The molecule has 2 saturated heterocycles. The fourth-order valence-corrected chi connectivity index (χ4v) is 11.1. The monoisotopic (exact) mass is 1030 g/mol. The highest BCUT2D eigenvalue weighted by Gasteiger charge is 2.47. The van der Waals surface area contributed by atoms with Crippen LogP contribution in [0.15, 0.2) is 101 Å². The Morgan fingerprint density at radius 2 is 1.34 bits per heavy atom. The summed E-state index contributed by atoms with van der Waals surface area (Å²) in [5.41, 5.74) is 8.20. The number of aryl methyl sites for hydroxylation is 2. The SMILES string of the molecule is CC(NC(=O)C1C[C@@H](O)CN1C(=O)C(c1ccno1)C(C)C)c1ccc(-c2c(F)cnn2C)cc1.Cc1ncsc1-c1ccc([C@H](C)NC(=O)C2C[C@@H](O)CN2C(=O)C(C(C)C)N2Cc3ccccc3C2=O)cc1. The van der Waals surface area contributed by atoms with Gasteiger partial charge in [0, 0.05) is 56.7 Å². The molecule has 9 rings (SSSR count). The van der Waals surface area contributed by atoms with Crippen LogP contribution in [0.1, 0.15) is 111 Å². The second kappa shape index (κ2) is 22.6. The van der Waals surface area contributed by atoms with E-state index in [2.05, 4.69) is 25.9 Å². The molecule has 0 aliphatic carbocycles. The summed E-state index contributed by atoms with van der Waals surface area (Å²) < 4.78 is 20.7. The minimum Gasteiger partial charge on any atom is -0.391 e. The number of β-amino-alcohol motifs (C(OH)–C–C–N with tert-alkyl or cyclic N) is 2. The number of thiazole rings is 1. The zero-order valence-corrected chi connectivity index (χ0v) is 43.6. The Morgan fingerprint density at radius 1 is 0.770 bits per heavy atom. The zero-order valence-electron chi connectivity index (χ0n) is 42.8. The van der Waals surface area contributed by atoms with Gasteiger partial charge in [-0.05, 0) is 60.9 Å². The molecule has 5 unspecified atom stereocenters. The van der Waals surface area contributed by atoms with Gasteiger partial charge in [0.05, 0.1) is 52.8 Å². The molecule has 6 aromatic rings. The van der Waals surface area contributed by atoms with Crippen LogP contribution in [0.3, 0.4) is 0 Å². The van der Waals surface area contributed by atoms with E-state index >= 15 is 0 Å². The number of hydrogen-bond donors (Lipinski definition) is 4. The van der Waals surface area contributed by atoms with E-state index in [-0.39, 0.29) is 79.4 Å². The average molecular weight is 1030 g/mol. The van der Waals surface area contributed by atoms with E-state index in [1.165, 1.54) is 26.9 Å². The van der Waals surface area contributed by atoms with Crippen molar-refractivity contribution in [3.05, 3.63) is 136 Å². The summed E-state index contributed by atoms with van der Waals surface area (Å²) in [5.74, 6) is -2.24. The largest absolute Gasteiger partial charge is 0.391 e. The molecule has 19 heteroatoms. The molecule has 0 bridgehead atoms. The van der Waals surface area contributed by atoms with Crippen molar-refractivity contribution in [2.45, 2.75) is 116 Å². The summed E-state index contributed by atoms with van der Waals surface area (Å²) in [6.07, 6.45) is 1.37. The van der Waals surface area contributed by atoms with Crippen molar-refractivity contribution in [3.63, 3.8) is 0 Å². The summed E-state index contributed by atoms with van der Waals surface area (Å²) in [5, 5.41) is 34.4. The number of carbonyl (C=O) groups is 5. The summed E-state index contributed by atoms with van der Waals surface area (Å²) in [6, 6.07) is 21.2. The Labute approximate surface area is 433 Å². The maximum absolute atomic E-state index is 14.0. The van der Waals surface area contributed by atoms with E-state index in [0.29, 0.717) is 29.1 Å². The van der Waals surface area contributed by atoms with Crippen LogP contribution in [-0.4, -0.2) is 118 Å². The lowest BCUT2D eigenvalue weighted by molar-refractivity contribution is -0.143. The Morgan fingerprint density at radius 3 is 1.82 bits per heavy atom. The first-order chi connectivity index (χ1) is 35.3. The smallest absolute Gasteiger partial charge is 0.255 e. The molecule has 17 nitrogen and oxygen atoms in total. The number of likely N-dealkylation sites (tertiary alicyclic amines) is 2. The summed E-state index contributed by atoms with van der Waals surface area (Å²) in [6.45, 7) is 13.8. The number of halogens is 1. The molecule has 0 radical (unpaired) electrons. The second-order valence-corrected chi connectivity index (χ2v) is 21.0. The van der Waals surface area contributed by atoms with Crippen molar-refractivity contribution in [2.24, 2.45) is 18.9 Å². The molecule has 0 saturated carbocycles. The van der Waals surface area contributed by atoms with E-state index in [4.69, 9.17) is 4.52 Å². The molecule has 3 aromatic carbocycles. The molecule has 3 aliphatic heterocycles. The summed E-state index contributed by atoms with van der Waals surface area (Å²) >= 11 is 1.59. The third-order valence-electron chi connectivity index (χ3n) is 14.2. The van der Waals surface area contributed by atoms with Crippen LogP contribution in [-0.2, 0) is 32.8 Å². The first-order valence-electron chi connectivity index (χ1n) is 25.0. The van der Waals surface area contributed by atoms with Gasteiger partial charge in [0.25, 0.3) is 5.91 Å². The maximum atomic E-state index is 14.0. The van der Waals surface area contributed by atoms with Crippen LogP contribution in [0.4, 0.5) is 4.39 Å². The fourth-order valence-electron chi connectivity index (χ4n) is 10.3. The lowest BCUT2D eigenvalue weighted by atomic mass is 9.91. The van der Waals surface area contributed by atoms with E-state index in [0.717, 1.165) is 32.8 Å². The molecule has 4 N–H and O–H groups in total. The molecular weight excluding hydrogens is 966 g/mol. The molecule has 8 atom stereocenters. The number of nitrogens with zero attached hydrogens (tertiary/aromatic N) is 7. The van der Waals surface area contributed by atoms with Crippen LogP contribution in [0, 0.1) is 24.6 Å². The first-order valence-corrected chi connectivity index (χ1v) is 25.9. The van der Waals surface area contributed by atoms with Crippen molar-refractivity contribution in [1.29, 1.82) is 0 Å². The lowest BCUT2D eigenvalue weighted by Gasteiger charge is -2.35. The Kier molecular flexibility index (Phi) is 16.2. The number of aliphatic hydroxyl groups excluding tert-OH is 2. The molecular formula is C55H64FN9O8S. The van der Waals surface area contributed by atoms with Crippen molar-refractivity contribution >= 4 is 40.9 Å². The number of hydrogen-bond acceptors (Lipinski definition) is 12. The molecule has 3 aliphatic rings. The number of rotatable bonds is 14. The van der Waals surface area contributed by atoms with Gasteiger partial charge in [0.1, 0.15) is 35.5 Å². The number of fused-ring (bicyclic) bond motifs is 1. The van der Waals surface area contributed by atoms with Crippen LogP contribution >= 0.6 is 11.3 Å². The molecule has 5 amide bonds. The normalized spacial score (nSPS) is 20.0. The van der Waals surface area contributed by atoms with Gasteiger partial charge in [-0.25, -0.2) is 9.37 Å². The molecule has 0 spiro atoms. The van der Waals surface area contributed by atoms with E-state index < -0.39 is 42.1 Å². The summed E-state index contributed by atoms with van der Waals surface area (Å²) in [4.78, 5) is 77.1. The quantitative estimate of drug-likeness (QED) is 0.0897. The highest BCUT2D eigenvalue weighted by Crippen LogP contribution is 2.34. The fraction of sp³-hybridized carbons (Fsp3) is 0.418. The van der Waals surface area contributed by atoms with Gasteiger partial charge in [-0.1, -0.05) is 99.6 Å². The van der Waals surface area contributed by atoms with Gasteiger partial charge < -0.3 is 40.1 Å². The Bertz CT molecular complexity index is 2940. The third-order valence-corrected chi connectivity index (χ3v) is 15.2. The summed E-state index contributed by atoms with van der Waals surface area (Å²) in [7, 11) is 1.67. The third kappa shape index (κ3) is 11.2. The van der Waals surface area contributed by atoms with Gasteiger partial charge in [0.2, 0.25) is 23.6 Å². The van der Waals surface area contributed by atoms with Crippen LogP contribution in [0.2, 0.25) is 0 Å². The highest BCUT2D eigenvalue weighted by atomic mass is 32.1. The van der Waals surface area contributed by atoms with Crippen LogP contribution < -0.4 is 10.6 Å². The first kappa shape index (κ1) is 53.2. The van der Waals surface area contributed by atoms with Gasteiger partial charge in [0.15, 0.2) is 5.82 Å². The number of carbonyl (C=O) groups excluding carboxylic acids is 5. The highest BCUT2D eigenvalue weighted by molar-refractivity contribution is 7.13. The maximum Gasteiger partial charge on any atom is 0.255 e. The van der Waals surface area contributed by atoms with Crippen molar-refractivity contribution in [3.8, 4) is 21.7 Å². The Balaban J connectivity index is 0.000000198. The Hall–Kier alpha value is -7.09. The standard InChI is InChI=1S/C30H34N4O4S.C25H30FN5O4/c1-17(2)26(34-14-22-7-5-6-8-24(22)29(34)37)30(38)33-15-23(35)13-25(33)28(36)32-18(3)20-9-11-21(12-10-20)27-19(4)31-16-39-27;1-14(2)22(21-9-10-28-35-21)25(34)31-13-18(32)11-20(31)24(33)29-15(3)16-5-7-17(8-6-16)23-19(26)12-27-30(23)4/h5-12,16-18,23,25-26,35H,13-15H2,1-4H3,(H,32,36);5-10,12,14-15,18,20,22,32H,11,13H2,1-4H3,(H,29,33)/t18-,23+,25?,26?;15?,18-,20?,22?/m01/s1. The van der Waals surface area contributed by atoms with Crippen LogP contribution in [0.5, 0.6) is 0 Å². The molecule has 2 fully saturated rings. The average Bonchev–Trinajstić information content (AvgIpc) is 4.26. The molecule has 6 heterocycles. The van der Waals surface area contributed by atoms with Crippen molar-refractivity contribution in [1.82, 2.24) is 45.3 Å². The number of amides is 5. The van der Waals surface area contributed by atoms with E-state index in [9.17, 15) is 38.6 Å². The predicted octanol–water partition coefficient (Wildman–Crippen LogP) is 6.73. The molecule has 390 valence electrons. The molecule has 3 aromatic heterocycles. The zero-order chi connectivity index (χ0) is 53.1. The second-order valence-electron chi connectivity index (χ2n) is 20.1. The minimum atomic E-state index is -0.810. The number of aromatic nitrogens is 4. The number of benzene rings is 3.